The van der Waals surface area contributed by atoms with E-state index in [4.69, 9.17) is 0 Å². The van der Waals surface area contributed by atoms with Gasteiger partial charge < -0.3 is 0 Å². The molecule has 1 rings (SSSR count). The third-order valence-electron chi connectivity index (χ3n) is 2.25. The van der Waals surface area contributed by atoms with Crippen molar-refractivity contribution in [3.8, 4) is 0 Å². The Bertz CT molecular complexity index is 364. The normalized spacial score (nSPS) is 12.5. The molecule has 1 aromatic rings. The molecule has 0 saturated heterocycles. The number of hydrogen-bond acceptors (Lipinski definition) is 1. The van der Waals surface area contributed by atoms with Gasteiger partial charge in [-0.15, -0.1) is 0 Å². The van der Waals surface area contributed by atoms with Crippen LogP contribution in [0.25, 0.3) is 0 Å². The number of nitrogens with zero attached hydrogens (tertiary/aromatic N) is 2. The van der Waals surface area contributed by atoms with Crippen molar-refractivity contribution in [1.29, 1.82) is 0 Å². The van der Waals surface area contributed by atoms with Gasteiger partial charge in [0.15, 0.2) is 0 Å². The SMILES string of the molecule is CN(C)P(=O)(c1ccc(F)cc1)N(C)C. The second kappa shape index (κ2) is 4.44. The Morgan fingerprint density at radius 2 is 1.40 bits per heavy atom. The molecule has 0 heterocycles. The highest BCUT2D eigenvalue weighted by Gasteiger charge is 2.30. The van der Waals surface area contributed by atoms with Crippen LogP contribution in [0.4, 0.5) is 4.39 Å². The van der Waals surface area contributed by atoms with Crippen LogP contribution in [0.2, 0.25) is 0 Å². The van der Waals surface area contributed by atoms with E-state index >= 15 is 0 Å². The first-order chi connectivity index (χ1) is 6.89. The van der Waals surface area contributed by atoms with Crippen molar-refractivity contribution in [2.75, 3.05) is 28.2 Å². The maximum absolute atomic E-state index is 12.8. The summed E-state index contributed by atoms with van der Waals surface area (Å²) in [6, 6.07) is 5.79. The molecule has 0 atom stereocenters. The summed E-state index contributed by atoms with van der Waals surface area (Å²) in [6.45, 7) is 0. The van der Waals surface area contributed by atoms with Crippen molar-refractivity contribution >= 4 is 12.7 Å². The average Bonchev–Trinajstić information content (AvgIpc) is 2.17. The van der Waals surface area contributed by atoms with Gasteiger partial charge in [0.05, 0.1) is 0 Å². The molecule has 0 aliphatic heterocycles. The molecule has 0 aliphatic carbocycles. The maximum atomic E-state index is 12.8. The van der Waals surface area contributed by atoms with E-state index in [1.165, 1.54) is 12.1 Å². The highest BCUT2D eigenvalue weighted by atomic mass is 31.2. The Balaban J connectivity index is 3.22. The van der Waals surface area contributed by atoms with Crippen LogP contribution in [-0.2, 0) is 4.57 Å². The van der Waals surface area contributed by atoms with Crippen molar-refractivity contribution in [3.63, 3.8) is 0 Å². The van der Waals surface area contributed by atoms with E-state index < -0.39 is 7.44 Å². The summed E-state index contributed by atoms with van der Waals surface area (Å²) in [5.74, 6) is -0.317. The number of halogens is 1. The van der Waals surface area contributed by atoms with E-state index in [0.717, 1.165) is 0 Å². The second-order valence-electron chi connectivity index (χ2n) is 3.71. The van der Waals surface area contributed by atoms with Gasteiger partial charge in [-0.1, -0.05) is 0 Å². The predicted molar refractivity (Wildman–Crippen MR) is 61.0 cm³/mol. The number of benzene rings is 1. The Morgan fingerprint density at radius 1 is 1.00 bits per heavy atom. The standard InChI is InChI=1S/C10H16FN2OP/c1-12(2)15(14,13(3)4)10-7-5-9(11)6-8-10/h5-8H,1-4H3. The minimum absolute atomic E-state index is 0.317. The molecule has 0 amide bonds. The van der Waals surface area contributed by atoms with Crippen molar-refractivity contribution in [3.05, 3.63) is 30.1 Å². The Labute approximate surface area is 90.0 Å². The van der Waals surface area contributed by atoms with E-state index in [9.17, 15) is 8.96 Å². The van der Waals surface area contributed by atoms with E-state index in [1.807, 2.05) is 0 Å². The van der Waals surface area contributed by atoms with Gasteiger partial charge >= 0.3 is 0 Å². The van der Waals surface area contributed by atoms with Crippen LogP contribution in [0.3, 0.4) is 0 Å². The fourth-order valence-electron chi connectivity index (χ4n) is 1.45. The topological polar surface area (TPSA) is 23.6 Å². The van der Waals surface area contributed by atoms with Gasteiger partial charge in [-0.3, -0.25) is 4.57 Å². The molecule has 0 aromatic heterocycles. The molecule has 0 bridgehead atoms. The maximum Gasteiger partial charge on any atom is 0.244 e. The minimum atomic E-state index is -2.74. The summed E-state index contributed by atoms with van der Waals surface area (Å²) in [7, 11) is 4.28. The molecule has 1 aromatic carbocycles. The molecule has 0 spiro atoms. The van der Waals surface area contributed by atoms with Crippen LogP contribution >= 0.6 is 7.44 Å². The van der Waals surface area contributed by atoms with Crippen molar-refractivity contribution in [1.82, 2.24) is 9.34 Å². The Morgan fingerprint density at radius 3 is 1.73 bits per heavy atom. The van der Waals surface area contributed by atoms with Gasteiger partial charge in [-0.25, -0.2) is 13.7 Å². The summed E-state index contributed by atoms with van der Waals surface area (Å²) in [5.41, 5.74) is 0. The van der Waals surface area contributed by atoms with Gasteiger partial charge in [0.2, 0.25) is 7.44 Å². The molecule has 0 N–H and O–H groups in total. The smallest absolute Gasteiger partial charge is 0.244 e. The van der Waals surface area contributed by atoms with Crippen molar-refractivity contribution < 1.29 is 8.96 Å². The summed E-state index contributed by atoms with van der Waals surface area (Å²) in [6.07, 6.45) is 0. The molecule has 84 valence electrons. The van der Waals surface area contributed by atoms with Crippen LogP contribution in [0.5, 0.6) is 0 Å². The first-order valence-corrected chi connectivity index (χ1v) is 6.22. The lowest BCUT2D eigenvalue weighted by Gasteiger charge is -2.30. The summed E-state index contributed by atoms with van der Waals surface area (Å²) in [5, 5.41) is 0.638. The monoisotopic (exact) mass is 230 g/mol. The van der Waals surface area contributed by atoms with Gasteiger partial charge in [-0.05, 0) is 52.5 Å². The molecule has 3 nitrogen and oxygen atoms in total. The summed E-state index contributed by atoms with van der Waals surface area (Å²) >= 11 is 0. The Hall–Kier alpha value is -0.700. The van der Waals surface area contributed by atoms with Crippen molar-refractivity contribution in [2.24, 2.45) is 0 Å². The number of hydrogen-bond donors (Lipinski definition) is 0. The van der Waals surface area contributed by atoms with E-state index in [0.29, 0.717) is 5.30 Å². The number of rotatable bonds is 3. The second-order valence-corrected chi connectivity index (χ2v) is 6.92. The van der Waals surface area contributed by atoms with Crippen LogP contribution in [0.1, 0.15) is 0 Å². The van der Waals surface area contributed by atoms with Crippen LogP contribution in [-0.4, -0.2) is 37.5 Å². The lowest BCUT2D eigenvalue weighted by Crippen LogP contribution is -2.28. The van der Waals surface area contributed by atoms with Crippen molar-refractivity contribution in [2.45, 2.75) is 0 Å². The fraction of sp³-hybridized carbons (Fsp3) is 0.400. The molecular formula is C10H16FN2OP. The van der Waals surface area contributed by atoms with E-state index in [2.05, 4.69) is 0 Å². The fourth-order valence-corrected chi connectivity index (χ4v) is 3.63. The zero-order valence-electron chi connectivity index (χ0n) is 9.44. The van der Waals surface area contributed by atoms with E-state index in [1.54, 1.807) is 49.7 Å². The van der Waals surface area contributed by atoms with Crippen LogP contribution in [0, 0.1) is 5.82 Å². The van der Waals surface area contributed by atoms with Gasteiger partial charge in [0, 0.05) is 5.30 Å². The third kappa shape index (κ3) is 2.28. The summed E-state index contributed by atoms with van der Waals surface area (Å²) < 4.78 is 28.7. The van der Waals surface area contributed by atoms with E-state index in [-0.39, 0.29) is 5.82 Å². The molecule has 0 radical (unpaired) electrons. The van der Waals surface area contributed by atoms with Crippen LogP contribution < -0.4 is 5.30 Å². The zero-order chi connectivity index (χ0) is 11.6. The van der Waals surface area contributed by atoms with Crippen LogP contribution in [0.15, 0.2) is 24.3 Å². The zero-order valence-corrected chi connectivity index (χ0v) is 10.3. The molecule has 5 heteroatoms. The first kappa shape index (κ1) is 12.4. The molecule has 0 unspecified atom stereocenters. The lowest BCUT2D eigenvalue weighted by molar-refractivity contribution is 0.460. The predicted octanol–water partition coefficient (Wildman–Crippen LogP) is 1.77. The Kier molecular flexibility index (Phi) is 3.66. The largest absolute Gasteiger partial charge is 0.284 e. The molecular weight excluding hydrogens is 214 g/mol. The molecule has 0 saturated carbocycles. The molecule has 15 heavy (non-hydrogen) atoms. The molecule has 0 fully saturated rings. The quantitative estimate of drug-likeness (QED) is 0.739. The van der Waals surface area contributed by atoms with Gasteiger partial charge in [0.1, 0.15) is 5.82 Å². The molecule has 0 aliphatic rings. The van der Waals surface area contributed by atoms with Gasteiger partial charge in [0.25, 0.3) is 0 Å². The first-order valence-electron chi connectivity index (χ1n) is 4.61. The average molecular weight is 230 g/mol. The highest BCUT2D eigenvalue weighted by molar-refractivity contribution is 7.66. The lowest BCUT2D eigenvalue weighted by atomic mass is 10.4. The third-order valence-corrected chi connectivity index (χ3v) is 5.39. The minimum Gasteiger partial charge on any atom is -0.284 e. The van der Waals surface area contributed by atoms with Gasteiger partial charge in [-0.2, -0.15) is 0 Å². The highest BCUT2D eigenvalue weighted by Crippen LogP contribution is 2.47. The summed E-state index contributed by atoms with van der Waals surface area (Å²) in [4.78, 5) is 0.